The van der Waals surface area contributed by atoms with Gasteiger partial charge in [-0.25, -0.2) is 13.2 Å². The Morgan fingerprint density at radius 1 is 1.05 bits per heavy atom. The SMILES string of the molecule is Cc1cccc(-n2nc(C(=O)O)c(C)c2Oc2ccc(NC(=O)C3CCCC3)cc2S(=O)(=O)N2CCOCC2)c1C. The topological polar surface area (TPSA) is 140 Å². The molecule has 3 aromatic rings. The van der Waals surface area contributed by atoms with E-state index in [1.165, 1.54) is 21.1 Å². The predicted molar refractivity (Wildman–Crippen MR) is 151 cm³/mol. The Morgan fingerprint density at radius 2 is 1.76 bits per heavy atom. The Bertz CT molecular complexity index is 1590. The third-order valence-electron chi connectivity index (χ3n) is 7.81. The van der Waals surface area contributed by atoms with Gasteiger partial charge in [0.2, 0.25) is 21.8 Å². The number of nitrogens with zero attached hydrogens (tertiary/aromatic N) is 3. The number of nitrogens with one attached hydrogen (secondary N) is 1. The summed E-state index contributed by atoms with van der Waals surface area (Å²) in [4.78, 5) is 24.7. The Balaban J connectivity index is 1.61. The summed E-state index contributed by atoms with van der Waals surface area (Å²) >= 11 is 0. The van der Waals surface area contributed by atoms with Crippen LogP contribution in [-0.2, 0) is 19.6 Å². The fourth-order valence-electron chi connectivity index (χ4n) is 5.27. The van der Waals surface area contributed by atoms with Gasteiger partial charge >= 0.3 is 5.97 Å². The molecule has 0 radical (unpaired) electrons. The van der Waals surface area contributed by atoms with Crippen molar-refractivity contribution in [2.45, 2.75) is 51.3 Å². The van der Waals surface area contributed by atoms with E-state index in [4.69, 9.17) is 9.47 Å². The number of rotatable bonds is 8. The minimum Gasteiger partial charge on any atom is -0.476 e. The van der Waals surface area contributed by atoms with Gasteiger partial charge in [0, 0.05) is 30.3 Å². The average Bonchev–Trinajstić information content (AvgIpc) is 3.61. The van der Waals surface area contributed by atoms with Crippen LogP contribution in [0.15, 0.2) is 41.3 Å². The molecule has 0 bridgehead atoms. The predicted octanol–water partition coefficient (Wildman–Crippen LogP) is 4.44. The van der Waals surface area contributed by atoms with Gasteiger partial charge < -0.3 is 19.9 Å². The number of hydrogen-bond donors (Lipinski definition) is 2. The lowest BCUT2D eigenvalue weighted by Gasteiger charge is -2.27. The number of carboxylic acids is 1. The van der Waals surface area contributed by atoms with Crippen molar-refractivity contribution >= 4 is 27.6 Å². The molecule has 218 valence electrons. The number of hydrogen-bond acceptors (Lipinski definition) is 7. The largest absolute Gasteiger partial charge is 0.476 e. The first-order valence-electron chi connectivity index (χ1n) is 13.7. The van der Waals surface area contributed by atoms with Gasteiger partial charge in [0.1, 0.15) is 10.6 Å². The number of aryl methyl sites for hydroxylation is 1. The van der Waals surface area contributed by atoms with Gasteiger partial charge in [-0.05, 0) is 69.0 Å². The van der Waals surface area contributed by atoms with Crippen LogP contribution in [0.1, 0.15) is 52.9 Å². The van der Waals surface area contributed by atoms with Gasteiger partial charge in [0.05, 0.1) is 18.9 Å². The summed E-state index contributed by atoms with van der Waals surface area (Å²) in [6.07, 6.45) is 3.60. The van der Waals surface area contributed by atoms with Crippen molar-refractivity contribution in [3.05, 3.63) is 58.8 Å². The third-order valence-corrected chi connectivity index (χ3v) is 9.73. The molecule has 0 unspecified atom stereocenters. The van der Waals surface area contributed by atoms with Gasteiger partial charge in [-0.1, -0.05) is 25.0 Å². The first-order chi connectivity index (χ1) is 19.6. The monoisotopic (exact) mass is 582 g/mol. The number of aromatic nitrogens is 2. The highest BCUT2D eigenvalue weighted by Gasteiger charge is 2.32. The second kappa shape index (κ2) is 11.6. The van der Waals surface area contributed by atoms with Gasteiger partial charge in [0.15, 0.2) is 5.69 Å². The number of ether oxygens (including phenoxy) is 2. The molecule has 2 N–H and O–H groups in total. The molecule has 1 saturated heterocycles. The molecule has 1 aliphatic heterocycles. The van der Waals surface area contributed by atoms with Crippen LogP contribution in [0, 0.1) is 26.7 Å². The summed E-state index contributed by atoms with van der Waals surface area (Å²) in [6, 6.07) is 10.0. The van der Waals surface area contributed by atoms with E-state index in [1.807, 2.05) is 26.0 Å². The maximum Gasteiger partial charge on any atom is 0.356 e. The quantitative estimate of drug-likeness (QED) is 0.397. The van der Waals surface area contributed by atoms with E-state index in [0.717, 1.165) is 36.8 Å². The second-order valence-corrected chi connectivity index (χ2v) is 12.4. The van der Waals surface area contributed by atoms with Crippen LogP contribution in [-0.4, -0.2) is 65.8 Å². The lowest BCUT2D eigenvalue weighted by Crippen LogP contribution is -2.40. The molecule has 2 fully saturated rings. The van der Waals surface area contributed by atoms with Crippen molar-refractivity contribution < 1.29 is 32.6 Å². The fraction of sp³-hybridized carbons (Fsp3) is 0.414. The van der Waals surface area contributed by atoms with Crippen molar-refractivity contribution in [3.63, 3.8) is 0 Å². The van der Waals surface area contributed by atoms with Crippen molar-refractivity contribution in [3.8, 4) is 17.3 Å². The van der Waals surface area contributed by atoms with E-state index >= 15 is 0 Å². The maximum atomic E-state index is 13.9. The fourth-order valence-corrected chi connectivity index (χ4v) is 6.81. The number of sulfonamides is 1. The van der Waals surface area contributed by atoms with Crippen LogP contribution >= 0.6 is 0 Å². The highest BCUT2D eigenvalue weighted by atomic mass is 32.2. The van der Waals surface area contributed by atoms with E-state index < -0.39 is 16.0 Å². The van der Waals surface area contributed by atoms with E-state index in [2.05, 4.69) is 10.4 Å². The molecule has 2 heterocycles. The first-order valence-corrected chi connectivity index (χ1v) is 15.1. The highest BCUT2D eigenvalue weighted by Crippen LogP contribution is 2.37. The Hall–Kier alpha value is -3.74. The van der Waals surface area contributed by atoms with Crippen LogP contribution in [0.5, 0.6) is 11.6 Å². The molecule has 2 aromatic carbocycles. The summed E-state index contributed by atoms with van der Waals surface area (Å²) in [6.45, 7) is 6.25. The summed E-state index contributed by atoms with van der Waals surface area (Å²) < 4.78 is 42.2. The number of benzene rings is 2. The molecular formula is C29H34N4O7S. The van der Waals surface area contributed by atoms with Crippen LogP contribution in [0.3, 0.4) is 0 Å². The number of anilines is 1. The average molecular weight is 583 g/mol. The van der Waals surface area contributed by atoms with Gasteiger partial charge in [-0.2, -0.15) is 14.1 Å². The zero-order valence-corrected chi connectivity index (χ0v) is 24.2. The molecule has 1 aromatic heterocycles. The van der Waals surface area contributed by atoms with Crippen molar-refractivity contribution in [1.82, 2.24) is 14.1 Å². The highest BCUT2D eigenvalue weighted by molar-refractivity contribution is 7.89. The normalized spacial score (nSPS) is 16.6. The summed E-state index contributed by atoms with van der Waals surface area (Å²) in [5.74, 6) is -1.41. The zero-order valence-electron chi connectivity index (χ0n) is 23.3. The van der Waals surface area contributed by atoms with Crippen LogP contribution in [0.4, 0.5) is 5.69 Å². The zero-order chi connectivity index (χ0) is 29.3. The number of carboxylic acid groups (broad SMARTS) is 1. The van der Waals surface area contributed by atoms with Gasteiger partial charge in [0.25, 0.3) is 0 Å². The lowest BCUT2D eigenvalue weighted by molar-refractivity contribution is -0.119. The molecule has 41 heavy (non-hydrogen) atoms. The number of morpholine rings is 1. The van der Waals surface area contributed by atoms with Crippen LogP contribution in [0.2, 0.25) is 0 Å². The molecule has 12 heteroatoms. The van der Waals surface area contributed by atoms with E-state index in [-0.39, 0.29) is 65.9 Å². The Labute approximate surface area is 239 Å². The first kappa shape index (κ1) is 28.8. The maximum absolute atomic E-state index is 13.9. The minimum absolute atomic E-state index is 0.0122. The standard InChI is InChI=1S/C29H34N4O7S/c1-18-7-6-10-23(19(18)2)33-28(20(3)26(31-33)29(35)36)40-24-12-11-22(30-27(34)21-8-4-5-9-21)17-25(24)41(37,38)32-13-15-39-16-14-32/h6-7,10-12,17,21H,4-5,8-9,13-16H2,1-3H3,(H,30,34)(H,35,36). The van der Waals surface area contributed by atoms with Gasteiger partial charge in [-0.15, -0.1) is 0 Å². The smallest absolute Gasteiger partial charge is 0.356 e. The molecule has 11 nitrogen and oxygen atoms in total. The van der Waals surface area contributed by atoms with Crippen LogP contribution in [0.25, 0.3) is 5.69 Å². The van der Waals surface area contributed by atoms with E-state index in [1.54, 1.807) is 19.1 Å². The second-order valence-electron chi connectivity index (χ2n) is 10.5. The van der Waals surface area contributed by atoms with Crippen molar-refractivity contribution in [2.75, 3.05) is 31.6 Å². The molecule has 1 amide bonds. The molecule has 1 aliphatic carbocycles. The number of amides is 1. The molecule has 1 saturated carbocycles. The molecule has 5 rings (SSSR count). The lowest BCUT2D eigenvalue weighted by atomic mass is 10.1. The molecule has 0 spiro atoms. The molecule has 2 aliphatic rings. The number of aromatic carboxylic acids is 1. The van der Waals surface area contributed by atoms with Gasteiger partial charge in [-0.3, -0.25) is 4.79 Å². The summed E-state index contributed by atoms with van der Waals surface area (Å²) in [5, 5.41) is 17.0. The third kappa shape index (κ3) is 5.72. The number of carbonyl (C=O) groups excluding carboxylic acids is 1. The minimum atomic E-state index is -4.07. The summed E-state index contributed by atoms with van der Waals surface area (Å²) in [5.41, 5.74) is 2.81. The van der Waals surface area contributed by atoms with Crippen molar-refractivity contribution in [2.24, 2.45) is 5.92 Å². The molecule has 0 atom stereocenters. The van der Waals surface area contributed by atoms with Crippen molar-refractivity contribution in [1.29, 1.82) is 0 Å². The van der Waals surface area contributed by atoms with Crippen LogP contribution < -0.4 is 10.1 Å². The summed E-state index contributed by atoms with van der Waals surface area (Å²) in [7, 11) is -4.07. The van der Waals surface area contributed by atoms with E-state index in [0.29, 0.717) is 11.4 Å². The molecular weight excluding hydrogens is 548 g/mol. The number of carbonyl (C=O) groups is 2. The Morgan fingerprint density at radius 3 is 2.44 bits per heavy atom. The van der Waals surface area contributed by atoms with E-state index in [9.17, 15) is 23.1 Å². The Kier molecular flexibility index (Phi) is 8.16.